The zero-order chi connectivity index (χ0) is 13.4. The monoisotopic (exact) mass is 258 g/mol. The second-order valence-electron chi connectivity index (χ2n) is 4.19. The Morgan fingerprint density at radius 3 is 2.79 bits per heavy atom. The van der Waals surface area contributed by atoms with Crippen molar-refractivity contribution in [3.05, 3.63) is 12.3 Å². The van der Waals surface area contributed by atoms with E-state index in [9.17, 15) is 0 Å². The van der Waals surface area contributed by atoms with E-state index in [0.717, 1.165) is 18.7 Å². The summed E-state index contributed by atoms with van der Waals surface area (Å²) in [6, 6.07) is 1.85. The third-order valence-corrected chi connectivity index (χ3v) is 2.82. The highest BCUT2D eigenvalue weighted by molar-refractivity contribution is 5.86. The number of hydrogen-bond donors (Lipinski definition) is 3. The Kier molecular flexibility index (Phi) is 2.55. The Hall–Kier alpha value is -2.64. The molecule has 0 bridgehead atoms. The normalized spacial score (nSPS) is 11.2. The Morgan fingerprint density at radius 1 is 1.26 bits per heavy atom. The molecule has 0 aliphatic rings. The highest BCUT2D eigenvalue weighted by atomic mass is 15.2. The summed E-state index contributed by atoms with van der Waals surface area (Å²) in [6.45, 7) is 2.84. The number of rotatable bonds is 3. The first kappa shape index (κ1) is 11.5. The van der Waals surface area contributed by atoms with Gasteiger partial charge in [-0.1, -0.05) is 6.92 Å². The van der Waals surface area contributed by atoms with Crippen LogP contribution in [0.15, 0.2) is 12.3 Å². The Balaban J connectivity index is 2.33. The van der Waals surface area contributed by atoms with Gasteiger partial charge in [-0.15, -0.1) is 0 Å². The minimum Gasteiger partial charge on any atom is -0.382 e. The van der Waals surface area contributed by atoms with Crippen LogP contribution in [0.25, 0.3) is 22.7 Å². The fourth-order valence-corrected chi connectivity index (χ4v) is 2.06. The third kappa shape index (κ3) is 1.77. The highest BCUT2D eigenvalue weighted by Crippen LogP contribution is 2.25. The zero-order valence-electron chi connectivity index (χ0n) is 10.5. The molecule has 0 aliphatic carbocycles. The van der Waals surface area contributed by atoms with Gasteiger partial charge >= 0.3 is 0 Å². The van der Waals surface area contributed by atoms with Crippen LogP contribution in [0.5, 0.6) is 0 Å². The molecule has 0 amide bonds. The van der Waals surface area contributed by atoms with Gasteiger partial charge in [0.2, 0.25) is 5.95 Å². The highest BCUT2D eigenvalue weighted by Gasteiger charge is 2.17. The number of hydrogen-bond acceptors (Lipinski definition) is 6. The van der Waals surface area contributed by atoms with Gasteiger partial charge in [0.15, 0.2) is 22.8 Å². The van der Waals surface area contributed by atoms with E-state index in [-0.39, 0.29) is 11.8 Å². The summed E-state index contributed by atoms with van der Waals surface area (Å²) in [7, 11) is 0. The van der Waals surface area contributed by atoms with Crippen LogP contribution in [0, 0.1) is 0 Å². The summed E-state index contributed by atoms with van der Waals surface area (Å²) in [4.78, 5) is 12.7. The average molecular weight is 258 g/mol. The topological polar surface area (TPSA) is 124 Å². The summed E-state index contributed by atoms with van der Waals surface area (Å²) in [6.07, 6.45) is 2.68. The molecule has 8 nitrogen and oxygen atoms in total. The molecule has 0 unspecified atom stereocenters. The SMILES string of the molecule is CCCn1c(-c2cc[nH]n2)nc2c(N)nc(N)nc21. The molecule has 98 valence electrons. The van der Waals surface area contributed by atoms with Crippen molar-refractivity contribution in [3.8, 4) is 11.5 Å². The van der Waals surface area contributed by atoms with Gasteiger partial charge in [0.25, 0.3) is 0 Å². The van der Waals surface area contributed by atoms with Crippen LogP contribution in [0.1, 0.15) is 13.3 Å². The van der Waals surface area contributed by atoms with Crippen LogP contribution in [-0.2, 0) is 6.54 Å². The maximum absolute atomic E-state index is 5.85. The molecular formula is C11H14N8. The van der Waals surface area contributed by atoms with E-state index in [4.69, 9.17) is 11.5 Å². The van der Waals surface area contributed by atoms with Gasteiger partial charge in [-0.05, 0) is 12.5 Å². The van der Waals surface area contributed by atoms with Crippen molar-refractivity contribution in [3.63, 3.8) is 0 Å². The molecule has 19 heavy (non-hydrogen) atoms. The third-order valence-electron chi connectivity index (χ3n) is 2.82. The number of aromatic nitrogens is 6. The van der Waals surface area contributed by atoms with Gasteiger partial charge < -0.3 is 16.0 Å². The smallest absolute Gasteiger partial charge is 0.224 e. The van der Waals surface area contributed by atoms with Crippen molar-refractivity contribution >= 4 is 22.9 Å². The van der Waals surface area contributed by atoms with Crippen molar-refractivity contribution in [1.29, 1.82) is 0 Å². The molecular weight excluding hydrogens is 244 g/mol. The van der Waals surface area contributed by atoms with Crippen molar-refractivity contribution < 1.29 is 0 Å². The summed E-state index contributed by atoms with van der Waals surface area (Å²) in [5.41, 5.74) is 13.4. The first-order valence-corrected chi connectivity index (χ1v) is 6.00. The minimum atomic E-state index is 0.149. The van der Waals surface area contributed by atoms with Gasteiger partial charge in [-0.3, -0.25) is 5.10 Å². The lowest BCUT2D eigenvalue weighted by molar-refractivity contribution is 0.696. The van der Waals surface area contributed by atoms with E-state index in [1.54, 1.807) is 6.20 Å². The van der Waals surface area contributed by atoms with Gasteiger partial charge in [-0.25, -0.2) is 4.98 Å². The molecule has 0 saturated heterocycles. The second kappa shape index (κ2) is 4.23. The maximum atomic E-state index is 5.85. The number of imidazole rings is 1. The number of nitrogens with two attached hydrogens (primary N) is 2. The molecule has 0 fully saturated rings. The molecule has 3 heterocycles. The van der Waals surface area contributed by atoms with Crippen molar-refractivity contribution in [2.24, 2.45) is 0 Å². The van der Waals surface area contributed by atoms with Crippen molar-refractivity contribution in [2.75, 3.05) is 11.5 Å². The van der Waals surface area contributed by atoms with Crippen LogP contribution in [0.3, 0.4) is 0 Å². The molecule has 0 aromatic carbocycles. The van der Waals surface area contributed by atoms with E-state index < -0.39 is 0 Å². The van der Waals surface area contributed by atoms with Crippen molar-refractivity contribution in [1.82, 2.24) is 29.7 Å². The van der Waals surface area contributed by atoms with E-state index in [2.05, 4.69) is 32.1 Å². The number of aromatic amines is 1. The van der Waals surface area contributed by atoms with Crippen LogP contribution in [-0.4, -0.2) is 29.7 Å². The molecule has 0 aliphatic heterocycles. The maximum Gasteiger partial charge on any atom is 0.224 e. The molecule has 0 spiro atoms. The van der Waals surface area contributed by atoms with E-state index in [1.807, 2.05) is 10.6 Å². The molecule has 0 radical (unpaired) electrons. The van der Waals surface area contributed by atoms with Crippen LogP contribution in [0.4, 0.5) is 11.8 Å². The van der Waals surface area contributed by atoms with E-state index in [1.165, 1.54) is 0 Å². The standard InChI is InChI=1S/C11H14N8/c1-2-5-19-9(6-3-4-14-18-6)15-7-8(12)16-11(13)17-10(7)19/h3-4H,2,5H2,1H3,(H,14,18)(H4,12,13,16,17). The Bertz CT molecular complexity index is 712. The molecule has 3 aromatic rings. The molecule has 0 atom stereocenters. The molecule has 0 saturated carbocycles. The van der Waals surface area contributed by atoms with E-state index in [0.29, 0.717) is 17.0 Å². The van der Waals surface area contributed by atoms with Crippen molar-refractivity contribution in [2.45, 2.75) is 19.9 Å². The first-order chi connectivity index (χ1) is 9.20. The first-order valence-electron chi connectivity index (χ1n) is 6.00. The predicted molar refractivity (Wildman–Crippen MR) is 72.0 cm³/mol. The molecule has 3 rings (SSSR count). The summed E-state index contributed by atoms with van der Waals surface area (Å²) >= 11 is 0. The summed E-state index contributed by atoms with van der Waals surface area (Å²) < 4.78 is 1.96. The number of nitrogen functional groups attached to an aromatic ring is 2. The summed E-state index contributed by atoms with van der Waals surface area (Å²) in [5.74, 6) is 1.15. The number of nitrogens with one attached hydrogen (secondary N) is 1. The number of nitrogens with zero attached hydrogens (tertiary/aromatic N) is 5. The minimum absolute atomic E-state index is 0.149. The predicted octanol–water partition coefficient (Wildman–Crippen LogP) is 0.791. The van der Waals surface area contributed by atoms with Gasteiger partial charge in [0.1, 0.15) is 5.69 Å². The zero-order valence-corrected chi connectivity index (χ0v) is 10.5. The lowest BCUT2D eigenvalue weighted by Gasteiger charge is -2.05. The Morgan fingerprint density at radius 2 is 2.11 bits per heavy atom. The fraction of sp³-hybridized carbons (Fsp3) is 0.273. The number of H-pyrrole nitrogens is 1. The number of aryl methyl sites for hydroxylation is 1. The fourth-order valence-electron chi connectivity index (χ4n) is 2.06. The second-order valence-corrected chi connectivity index (χ2v) is 4.19. The van der Waals surface area contributed by atoms with Crippen LogP contribution < -0.4 is 11.5 Å². The lowest BCUT2D eigenvalue weighted by atomic mass is 10.4. The number of fused-ring (bicyclic) bond motifs is 1. The van der Waals surface area contributed by atoms with Crippen LogP contribution >= 0.6 is 0 Å². The largest absolute Gasteiger partial charge is 0.382 e. The van der Waals surface area contributed by atoms with Gasteiger partial charge in [0, 0.05) is 12.7 Å². The van der Waals surface area contributed by atoms with Gasteiger partial charge in [-0.2, -0.15) is 15.1 Å². The average Bonchev–Trinajstić information content (AvgIpc) is 2.98. The summed E-state index contributed by atoms with van der Waals surface area (Å²) in [5, 5.41) is 6.92. The molecule has 8 heteroatoms. The number of anilines is 2. The van der Waals surface area contributed by atoms with Crippen LogP contribution in [0.2, 0.25) is 0 Å². The lowest BCUT2D eigenvalue weighted by Crippen LogP contribution is -2.04. The molecule has 3 aromatic heterocycles. The quantitative estimate of drug-likeness (QED) is 0.638. The molecule has 5 N–H and O–H groups in total. The van der Waals surface area contributed by atoms with Gasteiger partial charge in [0.05, 0.1) is 0 Å². The Labute approximate surface area is 108 Å². The van der Waals surface area contributed by atoms with E-state index >= 15 is 0 Å².